The number of nitrogens with one attached hydrogen (secondary N) is 2. The van der Waals surface area contributed by atoms with Crippen LogP contribution in [0.2, 0.25) is 0 Å². The minimum Gasteiger partial charge on any atom is -0.480 e. The lowest BCUT2D eigenvalue weighted by Crippen LogP contribution is -2.54. The number of nitrogens with two attached hydrogens (primary N) is 5. The maximum absolute atomic E-state index is 15.4. The third-order valence-electron chi connectivity index (χ3n) is 19.9. The largest absolute Gasteiger partial charge is 0.480 e. The molecule has 1 aliphatic carbocycles. The molecule has 0 spiro atoms. The molecule has 5 aromatic carbocycles. The van der Waals surface area contributed by atoms with Gasteiger partial charge in [-0.1, -0.05) is 135 Å². The number of carbonyl (C=O) groups is 10. The summed E-state index contributed by atoms with van der Waals surface area (Å²) in [6.07, 6.45) is 9.35. The molecule has 0 heterocycles. The highest BCUT2D eigenvalue weighted by Crippen LogP contribution is 2.24. The number of hydrogen-bond acceptors (Lipinski definition) is 19. The highest BCUT2D eigenvalue weighted by molar-refractivity contribution is 7.98. The van der Waals surface area contributed by atoms with Gasteiger partial charge in [0.2, 0.25) is 73.2 Å². The van der Waals surface area contributed by atoms with Crippen molar-refractivity contribution in [2.75, 3.05) is 143 Å². The van der Waals surface area contributed by atoms with E-state index in [2.05, 4.69) is 10.6 Å². The number of thioether (sulfide) groups is 1. The van der Waals surface area contributed by atoms with Crippen LogP contribution in [0.5, 0.6) is 0 Å². The molecule has 0 aromatic heterocycles. The maximum Gasteiger partial charge on any atom is 0.326 e. The van der Waals surface area contributed by atoms with E-state index < -0.39 is 138 Å². The van der Waals surface area contributed by atoms with E-state index in [4.69, 9.17) is 27.5 Å². The highest BCUT2D eigenvalue weighted by atomic mass is 32.2. The number of primary sulfonamides is 2. The quantitative estimate of drug-likeness (QED) is 0.0259. The van der Waals surface area contributed by atoms with Crippen LogP contribution in [-0.2, 0) is 100 Å². The molecule has 9 amide bonds. The molecule has 33 heteroatoms. The topological polar surface area (TPSA) is 439 Å². The summed E-state index contributed by atoms with van der Waals surface area (Å²) in [5.74, 6) is -6.32. The molecule has 624 valence electrons. The van der Waals surface area contributed by atoms with Crippen molar-refractivity contribution >= 4 is 90.9 Å². The Balaban J connectivity index is 1.30. The van der Waals surface area contributed by atoms with Gasteiger partial charge in [-0.3, -0.25) is 43.2 Å². The fourth-order valence-electron chi connectivity index (χ4n) is 13.1. The van der Waals surface area contributed by atoms with Crippen molar-refractivity contribution in [3.63, 3.8) is 0 Å². The zero-order valence-electron chi connectivity index (χ0n) is 65.7. The minimum atomic E-state index is -4.07. The summed E-state index contributed by atoms with van der Waals surface area (Å²) in [6.45, 7) is -3.36. The molecule has 1 saturated carbocycles. The SMILES string of the molecule is CSCCC(NC(=O)CN(CCCCN)C(=O)CN(CCc1ccc(S(N)(=O)=O)cc1)C(=O)CN(CCCCN)C(=O)CN(CCCCN)C(=O)CN(CCc1ccccc1)C(=O)CN(CCc1ccccc1)C(=O)CN(C(=O)CN(CCc1ccc(S(N)(=O)=O)cc1)C(=O)CNCCc1ccccc1)C1CCCCC1)C(=O)O. The lowest BCUT2D eigenvalue weighted by molar-refractivity contribution is -0.149. The first-order valence-corrected chi connectivity index (χ1v) is 43.6. The third kappa shape index (κ3) is 34.1. The Hall–Kier alpha value is -9.19. The number of carboxylic acids is 1. The van der Waals surface area contributed by atoms with Gasteiger partial charge >= 0.3 is 5.97 Å². The van der Waals surface area contributed by atoms with Crippen LogP contribution in [0.15, 0.2) is 149 Å². The molecular weight excluding hydrogens is 1520 g/mol. The first-order chi connectivity index (χ1) is 54.7. The summed E-state index contributed by atoms with van der Waals surface area (Å²) in [5.41, 5.74) is 21.8. The predicted molar refractivity (Wildman–Crippen MR) is 438 cm³/mol. The van der Waals surface area contributed by atoms with Crippen molar-refractivity contribution in [2.45, 2.75) is 131 Å². The fraction of sp³-hybridized carbons (Fsp3) is 0.506. The molecule has 114 heavy (non-hydrogen) atoms. The van der Waals surface area contributed by atoms with Crippen molar-refractivity contribution in [2.24, 2.45) is 27.5 Å². The Morgan fingerprint density at radius 3 is 1.09 bits per heavy atom. The summed E-state index contributed by atoms with van der Waals surface area (Å²) in [4.78, 5) is 157. The van der Waals surface area contributed by atoms with E-state index in [1.165, 1.54) is 87.4 Å². The minimum absolute atomic E-state index is 0.00881. The first-order valence-electron chi connectivity index (χ1n) is 39.1. The monoisotopic (exact) mass is 1640 g/mol. The molecule has 0 radical (unpaired) electrons. The molecule has 1 fully saturated rings. The molecule has 5 aromatic rings. The van der Waals surface area contributed by atoms with Gasteiger partial charge in [-0.2, -0.15) is 11.8 Å². The van der Waals surface area contributed by atoms with Gasteiger partial charge in [0.25, 0.3) is 0 Å². The number of aliphatic carboxylic acids is 1. The van der Waals surface area contributed by atoms with E-state index in [1.807, 2.05) is 91.0 Å². The number of nitrogens with zero attached hydrogens (tertiary/aromatic N) is 8. The Morgan fingerprint density at radius 1 is 0.412 bits per heavy atom. The van der Waals surface area contributed by atoms with E-state index >= 15 is 28.8 Å². The molecule has 6 rings (SSSR count). The average Bonchev–Trinajstić information content (AvgIpc) is 0.840. The van der Waals surface area contributed by atoms with Crippen LogP contribution >= 0.6 is 11.8 Å². The number of amides is 9. The maximum atomic E-state index is 15.4. The van der Waals surface area contributed by atoms with Gasteiger partial charge in [0.15, 0.2) is 0 Å². The van der Waals surface area contributed by atoms with Crippen molar-refractivity contribution < 1.29 is 69.9 Å². The Morgan fingerprint density at radius 2 is 0.737 bits per heavy atom. The van der Waals surface area contributed by atoms with Gasteiger partial charge in [-0.05, 0) is 180 Å². The van der Waals surface area contributed by atoms with Gasteiger partial charge in [0.05, 0.1) is 62.1 Å². The van der Waals surface area contributed by atoms with Gasteiger partial charge in [0, 0.05) is 51.9 Å². The number of rotatable bonds is 53. The zero-order valence-corrected chi connectivity index (χ0v) is 68.1. The van der Waals surface area contributed by atoms with E-state index in [1.54, 1.807) is 18.4 Å². The van der Waals surface area contributed by atoms with Gasteiger partial charge in [-0.15, -0.1) is 0 Å². The lowest BCUT2D eigenvalue weighted by atomic mass is 9.94. The number of carbonyl (C=O) groups excluding carboxylic acids is 9. The summed E-state index contributed by atoms with van der Waals surface area (Å²) in [5, 5.41) is 26.4. The van der Waals surface area contributed by atoms with Crippen molar-refractivity contribution in [1.29, 1.82) is 0 Å². The Bertz CT molecular complexity index is 4080. The second-order valence-electron chi connectivity index (χ2n) is 28.5. The Labute approximate surface area is 675 Å². The number of unbranched alkanes of at least 4 members (excludes halogenated alkanes) is 3. The van der Waals surface area contributed by atoms with Crippen molar-refractivity contribution in [1.82, 2.24) is 49.8 Å². The smallest absolute Gasteiger partial charge is 0.326 e. The number of hydrogen-bond donors (Lipinski definition) is 8. The fourth-order valence-corrected chi connectivity index (χ4v) is 14.6. The second-order valence-corrected chi connectivity index (χ2v) is 32.6. The van der Waals surface area contributed by atoms with E-state index in [0.29, 0.717) is 87.6 Å². The lowest BCUT2D eigenvalue weighted by Gasteiger charge is -2.37. The second kappa shape index (κ2) is 50.2. The number of carboxylic acid groups (broad SMARTS) is 1. The van der Waals surface area contributed by atoms with Crippen LogP contribution in [0, 0.1) is 0 Å². The molecule has 0 saturated heterocycles. The van der Waals surface area contributed by atoms with Crippen molar-refractivity contribution in [3.05, 3.63) is 167 Å². The normalized spacial score (nSPS) is 12.6. The number of benzene rings is 5. The predicted octanol–water partition coefficient (Wildman–Crippen LogP) is 2.58. The van der Waals surface area contributed by atoms with E-state index in [-0.39, 0.29) is 113 Å². The first kappa shape index (κ1) is 93.7. The third-order valence-corrected chi connectivity index (χ3v) is 22.4. The molecule has 0 aliphatic heterocycles. The summed E-state index contributed by atoms with van der Waals surface area (Å²) < 4.78 is 48.6. The molecule has 30 nitrogen and oxygen atoms in total. The van der Waals surface area contributed by atoms with Gasteiger partial charge in [-0.25, -0.2) is 31.9 Å². The summed E-state index contributed by atoms with van der Waals surface area (Å²) in [7, 11) is -8.06. The molecule has 0 bridgehead atoms. The van der Waals surface area contributed by atoms with E-state index in [0.717, 1.165) is 36.0 Å². The molecule has 1 unspecified atom stereocenters. The summed E-state index contributed by atoms with van der Waals surface area (Å²) >= 11 is 1.39. The average molecular weight is 1640 g/mol. The molecule has 1 aliphatic rings. The van der Waals surface area contributed by atoms with Crippen LogP contribution in [0.25, 0.3) is 0 Å². The standard InChI is InChI=1S/C81H117N15O15S3/c1-112-53-41-71(81(106)107)88-72(97)55-89(46-17-14-42-82)74(99)58-94(52-40-67-30-34-70(35-31-67)114(86,110)111)77(102)57-91(48-19-16-44-84)75(100)56-90(47-18-15-43-83)76(101)59-93(50-37-64-22-8-3-9-23-64)78(103)60-95(51-38-65-24-10-4-11-25-65)79(104)62-96(68-26-12-5-13-27-68)80(105)61-92(49-39-66-28-32-69(33-29-66)113(85,108)109)73(98)54-87-45-36-63-20-6-2-7-21-63/h2-4,6-11,20-25,28-35,68,71,87H,5,12-19,26-27,36-62,82-84H2,1H3,(H,88,97)(H,106,107)(H2,85,108,109)(H2,86,110,111). The molecular formula is C81H117N15O15S3. The van der Waals surface area contributed by atoms with E-state index in [9.17, 15) is 41.1 Å². The van der Waals surface area contributed by atoms with Crippen LogP contribution in [0.4, 0.5) is 0 Å². The zero-order chi connectivity index (χ0) is 82.8. The van der Waals surface area contributed by atoms with Crippen molar-refractivity contribution in [3.8, 4) is 0 Å². The summed E-state index contributed by atoms with van der Waals surface area (Å²) in [6, 6.07) is 38.3. The highest BCUT2D eigenvalue weighted by Gasteiger charge is 2.35. The number of sulfonamides is 2. The van der Waals surface area contributed by atoms with Crippen LogP contribution in [-0.4, -0.2) is 275 Å². The van der Waals surface area contributed by atoms with Crippen LogP contribution < -0.4 is 38.1 Å². The molecule has 1 atom stereocenters. The van der Waals surface area contributed by atoms with Gasteiger partial charge < -0.3 is 72.1 Å². The Kier molecular flexibility index (Phi) is 41.3. The molecule has 13 N–H and O–H groups in total. The van der Waals surface area contributed by atoms with Gasteiger partial charge in [0.1, 0.15) is 12.6 Å². The van der Waals surface area contributed by atoms with Crippen LogP contribution in [0.3, 0.4) is 0 Å². The van der Waals surface area contributed by atoms with Crippen LogP contribution in [0.1, 0.15) is 105 Å².